The van der Waals surface area contributed by atoms with Gasteiger partial charge in [-0.1, -0.05) is 30.3 Å². The molecule has 4 N–H and O–H groups in total. The van der Waals surface area contributed by atoms with Crippen LogP contribution in [-0.4, -0.2) is 30.5 Å². The number of pyridine rings is 2. The van der Waals surface area contributed by atoms with Crippen molar-refractivity contribution in [1.82, 2.24) is 9.97 Å². The number of carbonyl (C=O) groups is 1. The summed E-state index contributed by atoms with van der Waals surface area (Å²) in [6.07, 6.45) is 4.53. The number of nitrogen functional groups attached to an aromatic ring is 1. The number of hydrogen-bond acceptors (Lipinski definition) is 6. The zero-order valence-electron chi connectivity index (χ0n) is 17.2. The van der Waals surface area contributed by atoms with E-state index in [4.69, 9.17) is 11.5 Å². The van der Waals surface area contributed by atoms with Gasteiger partial charge in [-0.2, -0.15) is 0 Å². The van der Waals surface area contributed by atoms with Gasteiger partial charge in [0.05, 0.1) is 10.6 Å². The van der Waals surface area contributed by atoms with Crippen LogP contribution in [0.15, 0.2) is 84.0 Å². The minimum atomic E-state index is -3.26. The molecule has 1 amide bonds. The quantitative estimate of drug-likeness (QED) is 0.484. The number of anilines is 1. The largest absolute Gasteiger partial charge is 0.383 e. The molecule has 4 aromatic rings. The number of carbonyl (C=O) groups excluding carboxylic acids is 1. The van der Waals surface area contributed by atoms with Gasteiger partial charge in [0.25, 0.3) is 0 Å². The average molecular weight is 445 g/mol. The Morgan fingerprint density at radius 2 is 1.38 bits per heavy atom. The van der Waals surface area contributed by atoms with Gasteiger partial charge in [0.15, 0.2) is 9.84 Å². The summed E-state index contributed by atoms with van der Waals surface area (Å²) in [6.45, 7) is 0. The van der Waals surface area contributed by atoms with Crippen LogP contribution in [0, 0.1) is 0 Å². The summed E-state index contributed by atoms with van der Waals surface area (Å²) in [5.74, 6) is -0.115. The molecule has 32 heavy (non-hydrogen) atoms. The number of nitrogens with two attached hydrogens (primary N) is 2. The van der Waals surface area contributed by atoms with Crippen molar-refractivity contribution < 1.29 is 13.2 Å². The Balaban J connectivity index is 1.64. The standard InChI is InChI=1S/C24H20N4O3S/c1-32(30,31)20-9-6-15(7-10-20)19-12-21(23(25)28-14-19)18-8-11-22(27-13-18)16-2-4-17(5-3-16)24(26)29/h2-14H,1H3,(H2,25,28)(H2,26,29). The van der Waals surface area contributed by atoms with Crippen LogP contribution < -0.4 is 11.5 Å². The van der Waals surface area contributed by atoms with E-state index in [0.717, 1.165) is 33.5 Å². The summed E-state index contributed by atoms with van der Waals surface area (Å²) in [4.78, 5) is 20.3. The molecule has 0 bridgehead atoms. The molecule has 8 heteroatoms. The molecule has 0 aliphatic carbocycles. The average Bonchev–Trinajstić information content (AvgIpc) is 2.79. The van der Waals surface area contributed by atoms with E-state index in [9.17, 15) is 13.2 Å². The Morgan fingerprint density at radius 1 is 0.781 bits per heavy atom. The maximum atomic E-state index is 11.7. The molecule has 0 aliphatic heterocycles. The first-order chi connectivity index (χ1) is 15.2. The van der Waals surface area contributed by atoms with Gasteiger partial charge in [0.1, 0.15) is 5.82 Å². The van der Waals surface area contributed by atoms with Gasteiger partial charge >= 0.3 is 0 Å². The van der Waals surface area contributed by atoms with Crippen molar-refractivity contribution in [3.8, 4) is 33.5 Å². The summed E-state index contributed by atoms with van der Waals surface area (Å²) in [5.41, 5.74) is 16.6. The third-order valence-corrected chi connectivity index (χ3v) is 6.20. The SMILES string of the molecule is CS(=O)(=O)c1ccc(-c2cnc(N)c(-c3ccc(-c4ccc(C(N)=O)cc4)nc3)c2)cc1. The van der Waals surface area contributed by atoms with E-state index >= 15 is 0 Å². The van der Waals surface area contributed by atoms with Crippen LogP contribution in [0.4, 0.5) is 5.82 Å². The molecule has 0 spiro atoms. The van der Waals surface area contributed by atoms with Gasteiger partial charge in [-0.05, 0) is 42.0 Å². The van der Waals surface area contributed by atoms with E-state index < -0.39 is 15.7 Å². The van der Waals surface area contributed by atoms with Crippen molar-refractivity contribution in [2.75, 3.05) is 12.0 Å². The van der Waals surface area contributed by atoms with Gasteiger partial charge in [-0.25, -0.2) is 13.4 Å². The fourth-order valence-corrected chi connectivity index (χ4v) is 3.92. The lowest BCUT2D eigenvalue weighted by molar-refractivity contribution is 0.100. The lowest BCUT2D eigenvalue weighted by Gasteiger charge is -2.10. The van der Waals surface area contributed by atoms with Gasteiger partial charge in [-0.3, -0.25) is 9.78 Å². The molecule has 160 valence electrons. The molecule has 4 rings (SSSR count). The molecule has 0 saturated heterocycles. The van der Waals surface area contributed by atoms with Crippen LogP contribution >= 0.6 is 0 Å². The highest BCUT2D eigenvalue weighted by molar-refractivity contribution is 7.90. The van der Waals surface area contributed by atoms with E-state index in [-0.39, 0.29) is 4.90 Å². The molecule has 0 saturated carbocycles. The summed E-state index contributed by atoms with van der Waals surface area (Å²) in [5, 5.41) is 0. The van der Waals surface area contributed by atoms with Crippen molar-refractivity contribution in [2.24, 2.45) is 5.73 Å². The van der Waals surface area contributed by atoms with Crippen molar-refractivity contribution in [2.45, 2.75) is 4.90 Å². The summed E-state index contributed by atoms with van der Waals surface area (Å²) in [7, 11) is -3.26. The van der Waals surface area contributed by atoms with Crippen molar-refractivity contribution >= 4 is 21.6 Å². The molecule has 2 aromatic carbocycles. The Hall–Kier alpha value is -4.04. The second-order valence-electron chi connectivity index (χ2n) is 7.33. The number of sulfone groups is 1. The molecule has 2 aromatic heterocycles. The molecule has 0 fully saturated rings. The Kier molecular flexibility index (Phi) is 5.46. The maximum absolute atomic E-state index is 11.7. The highest BCUT2D eigenvalue weighted by Crippen LogP contribution is 2.30. The van der Waals surface area contributed by atoms with Gasteiger partial charge < -0.3 is 11.5 Å². The highest BCUT2D eigenvalue weighted by Gasteiger charge is 2.11. The molecule has 2 heterocycles. The van der Waals surface area contributed by atoms with Gasteiger partial charge in [0.2, 0.25) is 5.91 Å². The molecule has 0 radical (unpaired) electrons. The monoisotopic (exact) mass is 444 g/mol. The normalized spacial score (nSPS) is 11.3. The first-order valence-corrected chi connectivity index (χ1v) is 11.5. The van der Waals surface area contributed by atoms with Crippen LogP contribution in [0.5, 0.6) is 0 Å². The molecule has 0 unspecified atom stereocenters. The Bertz CT molecular complexity index is 1400. The topological polar surface area (TPSA) is 129 Å². The zero-order chi connectivity index (χ0) is 22.9. The lowest BCUT2D eigenvalue weighted by Crippen LogP contribution is -2.10. The number of hydrogen-bond donors (Lipinski definition) is 2. The Labute approximate surface area is 185 Å². The molecule has 0 aliphatic rings. The highest BCUT2D eigenvalue weighted by atomic mass is 32.2. The minimum Gasteiger partial charge on any atom is -0.383 e. The van der Waals surface area contributed by atoms with Crippen molar-refractivity contribution in [3.05, 3.63) is 84.7 Å². The van der Waals surface area contributed by atoms with Crippen LogP contribution in [0.25, 0.3) is 33.5 Å². The second-order valence-corrected chi connectivity index (χ2v) is 9.34. The van der Waals surface area contributed by atoms with E-state index in [1.54, 1.807) is 60.9 Å². The van der Waals surface area contributed by atoms with E-state index in [1.807, 2.05) is 18.2 Å². The van der Waals surface area contributed by atoms with E-state index in [2.05, 4.69) is 9.97 Å². The minimum absolute atomic E-state index is 0.258. The zero-order valence-corrected chi connectivity index (χ0v) is 18.0. The molecular weight excluding hydrogens is 424 g/mol. The first-order valence-electron chi connectivity index (χ1n) is 9.65. The lowest BCUT2D eigenvalue weighted by atomic mass is 10.0. The third-order valence-electron chi connectivity index (χ3n) is 5.07. The van der Waals surface area contributed by atoms with Crippen LogP contribution in [-0.2, 0) is 9.84 Å². The summed E-state index contributed by atoms with van der Waals surface area (Å²) in [6, 6.07) is 19.2. The number of nitrogens with zero attached hydrogens (tertiary/aromatic N) is 2. The molecular formula is C24H20N4O3S. The van der Waals surface area contributed by atoms with Gasteiger partial charge in [0, 0.05) is 46.5 Å². The first kappa shape index (κ1) is 21.2. The number of aromatic nitrogens is 2. The van der Waals surface area contributed by atoms with Crippen LogP contribution in [0.2, 0.25) is 0 Å². The number of benzene rings is 2. The number of amides is 1. The number of primary amides is 1. The predicted molar refractivity (Wildman–Crippen MR) is 124 cm³/mol. The predicted octanol–water partition coefficient (Wildman–Crippen LogP) is 3.56. The van der Waals surface area contributed by atoms with E-state index in [0.29, 0.717) is 11.4 Å². The third kappa shape index (κ3) is 4.35. The van der Waals surface area contributed by atoms with E-state index in [1.165, 1.54) is 6.26 Å². The smallest absolute Gasteiger partial charge is 0.248 e. The summed E-state index contributed by atoms with van der Waals surface area (Å²) < 4.78 is 23.4. The fraction of sp³-hybridized carbons (Fsp3) is 0.0417. The van der Waals surface area contributed by atoms with Crippen molar-refractivity contribution in [1.29, 1.82) is 0 Å². The molecule has 7 nitrogen and oxygen atoms in total. The number of rotatable bonds is 5. The summed E-state index contributed by atoms with van der Waals surface area (Å²) >= 11 is 0. The maximum Gasteiger partial charge on any atom is 0.248 e. The van der Waals surface area contributed by atoms with Crippen molar-refractivity contribution in [3.63, 3.8) is 0 Å². The fourth-order valence-electron chi connectivity index (χ4n) is 3.29. The van der Waals surface area contributed by atoms with Gasteiger partial charge in [-0.15, -0.1) is 0 Å². The molecule has 0 atom stereocenters. The second kappa shape index (κ2) is 8.24. The van der Waals surface area contributed by atoms with Crippen LogP contribution in [0.3, 0.4) is 0 Å². The van der Waals surface area contributed by atoms with Crippen LogP contribution in [0.1, 0.15) is 10.4 Å². The Morgan fingerprint density at radius 3 is 1.94 bits per heavy atom.